The first-order valence-corrected chi connectivity index (χ1v) is 7.85. The Balaban J connectivity index is 2.15. The van der Waals surface area contributed by atoms with Crippen molar-refractivity contribution in [3.63, 3.8) is 0 Å². The van der Waals surface area contributed by atoms with Gasteiger partial charge in [0.25, 0.3) is 0 Å². The molecule has 4 heteroatoms. The molecule has 0 heterocycles. The van der Waals surface area contributed by atoms with Crippen molar-refractivity contribution in [1.82, 2.24) is 5.32 Å². The zero-order chi connectivity index (χ0) is 14.1. The van der Waals surface area contributed by atoms with Crippen molar-refractivity contribution in [3.8, 4) is 0 Å². The number of aromatic carboxylic acids is 1. The average molecular weight is 281 g/mol. The van der Waals surface area contributed by atoms with Gasteiger partial charge in [-0.15, -0.1) is 0 Å². The number of rotatable bonds is 9. The molecule has 3 nitrogen and oxygen atoms in total. The molecule has 0 amide bonds. The van der Waals surface area contributed by atoms with Crippen molar-refractivity contribution < 1.29 is 9.90 Å². The average Bonchev–Trinajstić information content (AvgIpc) is 2.37. The molecule has 0 saturated carbocycles. The Kier molecular flexibility index (Phi) is 7.60. The fourth-order valence-electron chi connectivity index (χ4n) is 1.67. The molecular formula is C15H23NO2S. The van der Waals surface area contributed by atoms with Crippen LogP contribution in [0.25, 0.3) is 0 Å². The highest BCUT2D eigenvalue weighted by molar-refractivity contribution is 7.99. The van der Waals surface area contributed by atoms with Crippen LogP contribution in [0.2, 0.25) is 0 Å². The molecule has 106 valence electrons. The minimum Gasteiger partial charge on any atom is -0.478 e. The van der Waals surface area contributed by atoms with Gasteiger partial charge >= 0.3 is 5.97 Å². The zero-order valence-corrected chi connectivity index (χ0v) is 12.5. The fourth-order valence-corrected chi connectivity index (χ4v) is 2.65. The third kappa shape index (κ3) is 7.23. The van der Waals surface area contributed by atoms with Crippen molar-refractivity contribution >= 4 is 17.7 Å². The van der Waals surface area contributed by atoms with E-state index in [4.69, 9.17) is 5.11 Å². The van der Waals surface area contributed by atoms with E-state index in [0.29, 0.717) is 5.56 Å². The van der Waals surface area contributed by atoms with Gasteiger partial charge in [-0.2, -0.15) is 11.8 Å². The van der Waals surface area contributed by atoms with Crippen LogP contribution in [0.15, 0.2) is 24.3 Å². The van der Waals surface area contributed by atoms with Crippen molar-refractivity contribution in [1.29, 1.82) is 0 Å². The van der Waals surface area contributed by atoms with Gasteiger partial charge in [-0.05, 0) is 48.1 Å². The number of carbonyl (C=O) groups is 1. The Labute approximate surface area is 119 Å². The molecule has 1 aromatic carbocycles. The lowest BCUT2D eigenvalue weighted by molar-refractivity contribution is 0.0696. The lowest BCUT2D eigenvalue weighted by Gasteiger charge is -2.07. The molecular weight excluding hydrogens is 258 g/mol. The van der Waals surface area contributed by atoms with Crippen LogP contribution in [-0.2, 0) is 6.54 Å². The predicted octanol–water partition coefficient (Wildman–Crippen LogP) is 3.25. The van der Waals surface area contributed by atoms with Gasteiger partial charge in [0.1, 0.15) is 0 Å². The molecule has 0 spiro atoms. The molecule has 0 aromatic heterocycles. The summed E-state index contributed by atoms with van der Waals surface area (Å²) < 4.78 is 0. The predicted molar refractivity (Wildman–Crippen MR) is 81.9 cm³/mol. The highest BCUT2D eigenvalue weighted by Crippen LogP contribution is 2.08. The van der Waals surface area contributed by atoms with Crippen LogP contribution >= 0.6 is 11.8 Å². The summed E-state index contributed by atoms with van der Waals surface area (Å²) in [6.07, 6.45) is 1.15. The third-order valence-corrected chi connectivity index (χ3v) is 4.08. The van der Waals surface area contributed by atoms with E-state index < -0.39 is 5.97 Å². The molecule has 0 aliphatic rings. The highest BCUT2D eigenvalue weighted by atomic mass is 32.2. The van der Waals surface area contributed by atoms with Crippen LogP contribution in [-0.4, -0.2) is 29.1 Å². The standard InChI is InChI=1S/C15H23NO2S/c1-12(2)11-19-8-4-7-16-10-13-5-3-6-14(9-13)15(17)18/h3,5-6,9,12,16H,4,7-8,10-11H2,1-2H3,(H,17,18). The first-order chi connectivity index (χ1) is 9.09. The van der Waals surface area contributed by atoms with Crippen LogP contribution in [0.5, 0.6) is 0 Å². The first-order valence-electron chi connectivity index (χ1n) is 6.70. The van der Waals surface area contributed by atoms with Crippen molar-refractivity contribution in [3.05, 3.63) is 35.4 Å². The van der Waals surface area contributed by atoms with Crippen molar-refractivity contribution in [2.75, 3.05) is 18.1 Å². The number of nitrogens with one attached hydrogen (secondary N) is 1. The number of thioether (sulfide) groups is 1. The van der Waals surface area contributed by atoms with Gasteiger partial charge in [-0.3, -0.25) is 0 Å². The third-order valence-electron chi connectivity index (χ3n) is 2.60. The van der Waals surface area contributed by atoms with E-state index in [2.05, 4.69) is 19.2 Å². The maximum absolute atomic E-state index is 10.8. The quantitative estimate of drug-likeness (QED) is 0.682. The van der Waals surface area contributed by atoms with Gasteiger partial charge < -0.3 is 10.4 Å². The van der Waals surface area contributed by atoms with Crippen LogP contribution in [0.3, 0.4) is 0 Å². The minimum atomic E-state index is -0.869. The van der Waals surface area contributed by atoms with Gasteiger partial charge in [0.15, 0.2) is 0 Å². The Bertz CT molecular complexity index is 393. The van der Waals surface area contributed by atoms with E-state index in [-0.39, 0.29) is 0 Å². The Hall–Kier alpha value is -1.00. The minimum absolute atomic E-state index is 0.354. The molecule has 0 radical (unpaired) electrons. The van der Waals surface area contributed by atoms with E-state index in [1.54, 1.807) is 18.2 Å². The summed E-state index contributed by atoms with van der Waals surface area (Å²) in [5, 5.41) is 12.2. The normalized spacial score (nSPS) is 10.9. The lowest BCUT2D eigenvalue weighted by atomic mass is 10.1. The SMILES string of the molecule is CC(C)CSCCCNCc1cccc(C(=O)O)c1. The smallest absolute Gasteiger partial charge is 0.335 e. The summed E-state index contributed by atoms with van der Waals surface area (Å²) in [5.41, 5.74) is 1.38. The molecule has 0 aliphatic carbocycles. The Morgan fingerprint density at radius 3 is 2.89 bits per heavy atom. The number of carboxylic acids is 1. The topological polar surface area (TPSA) is 49.3 Å². The van der Waals surface area contributed by atoms with Crippen molar-refractivity contribution in [2.45, 2.75) is 26.8 Å². The van der Waals surface area contributed by atoms with E-state index in [0.717, 1.165) is 31.0 Å². The number of hydrogen-bond acceptors (Lipinski definition) is 3. The molecule has 1 rings (SSSR count). The molecule has 0 saturated heterocycles. The number of carboxylic acid groups (broad SMARTS) is 1. The maximum Gasteiger partial charge on any atom is 0.335 e. The van der Waals surface area contributed by atoms with E-state index in [1.807, 2.05) is 17.8 Å². The van der Waals surface area contributed by atoms with E-state index in [1.165, 1.54) is 11.5 Å². The largest absolute Gasteiger partial charge is 0.478 e. The lowest BCUT2D eigenvalue weighted by Crippen LogP contribution is -2.15. The van der Waals surface area contributed by atoms with Crippen LogP contribution < -0.4 is 5.32 Å². The van der Waals surface area contributed by atoms with Gasteiger partial charge in [0, 0.05) is 6.54 Å². The van der Waals surface area contributed by atoms with Crippen LogP contribution in [0.4, 0.5) is 0 Å². The summed E-state index contributed by atoms with van der Waals surface area (Å²) in [6.45, 7) is 6.18. The van der Waals surface area contributed by atoms with Gasteiger partial charge in [-0.1, -0.05) is 26.0 Å². The molecule has 0 unspecified atom stereocenters. The molecule has 0 aliphatic heterocycles. The molecule has 0 bridgehead atoms. The molecule has 19 heavy (non-hydrogen) atoms. The molecule has 0 fully saturated rings. The van der Waals surface area contributed by atoms with Gasteiger partial charge in [0.2, 0.25) is 0 Å². The highest BCUT2D eigenvalue weighted by Gasteiger charge is 2.02. The van der Waals surface area contributed by atoms with Gasteiger partial charge in [0.05, 0.1) is 5.56 Å². The van der Waals surface area contributed by atoms with Crippen LogP contribution in [0, 0.1) is 5.92 Å². The maximum atomic E-state index is 10.8. The van der Waals surface area contributed by atoms with Crippen molar-refractivity contribution in [2.24, 2.45) is 5.92 Å². The molecule has 2 N–H and O–H groups in total. The molecule has 1 aromatic rings. The fraction of sp³-hybridized carbons (Fsp3) is 0.533. The Morgan fingerprint density at radius 1 is 1.42 bits per heavy atom. The number of hydrogen-bond donors (Lipinski definition) is 2. The van der Waals surface area contributed by atoms with E-state index in [9.17, 15) is 4.79 Å². The monoisotopic (exact) mass is 281 g/mol. The van der Waals surface area contributed by atoms with Gasteiger partial charge in [-0.25, -0.2) is 4.79 Å². The summed E-state index contributed by atoms with van der Waals surface area (Å²) in [5.74, 6) is 2.30. The number of benzene rings is 1. The summed E-state index contributed by atoms with van der Waals surface area (Å²) >= 11 is 2.00. The molecule has 0 atom stereocenters. The second-order valence-electron chi connectivity index (χ2n) is 5.00. The summed E-state index contributed by atoms with van der Waals surface area (Å²) in [4.78, 5) is 10.8. The van der Waals surface area contributed by atoms with E-state index >= 15 is 0 Å². The zero-order valence-electron chi connectivity index (χ0n) is 11.7. The Morgan fingerprint density at radius 2 is 2.21 bits per heavy atom. The van der Waals surface area contributed by atoms with Crippen LogP contribution in [0.1, 0.15) is 36.2 Å². The second kappa shape index (κ2) is 8.99. The summed E-state index contributed by atoms with van der Waals surface area (Å²) in [6, 6.07) is 7.09. The first kappa shape index (κ1) is 16.1. The summed E-state index contributed by atoms with van der Waals surface area (Å²) in [7, 11) is 0. The second-order valence-corrected chi connectivity index (χ2v) is 6.15.